The van der Waals surface area contributed by atoms with Gasteiger partial charge in [0.25, 0.3) is 5.56 Å². The second-order valence-electron chi connectivity index (χ2n) is 10.3. The number of amides is 1. The van der Waals surface area contributed by atoms with Crippen LogP contribution in [0.25, 0.3) is 17.0 Å². The summed E-state index contributed by atoms with van der Waals surface area (Å²) in [5, 5.41) is 3.81. The van der Waals surface area contributed by atoms with E-state index >= 15 is 0 Å². The summed E-state index contributed by atoms with van der Waals surface area (Å²) in [7, 11) is 1.32. The molecule has 0 spiro atoms. The van der Waals surface area contributed by atoms with E-state index in [0.717, 1.165) is 22.0 Å². The number of fused-ring (bicyclic) bond motifs is 3. The van der Waals surface area contributed by atoms with Crippen LogP contribution in [-0.4, -0.2) is 34.9 Å². The second-order valence-corrected chi connectivity index (χ2v) is 11.3. The molecule has 4 heterocycles. The number of hydrogen-bond donors (Lipinski definition) is 1. The van der Waals surface area contributed by atoms with Gasteiger partial charge in [0.15, 0.2) is 16.3 Å². The smallest absolute Gasteiger partial charge is 0.338 e. The molecule has 0 saturated heterocycles. The number of carbonyl (C=O) groups is 2. The molecule has 0 bridgehead atoms. The van der Waals surface area contributed by atoms with Crippen molar-refractivity contribution in [3.05, 3.63) is 121 Å². The minimum absolute atomic E-state index is 0.0553. The number of nitrogens with one attached hydrogen (secondary N) is 1. The van der Waals surface area contributed by atoms with Crippen molar-refractivity contribution in [1.29, 1.82) is 0 Å². The van der Waals surface area contributed by atoms with Gasteiger partial charge < -0.3 is 24.1 Å². The Morgan fingerprint density at radius 1 is 1.07 bits per heavy atom. The maximum absolute atomic E-state index is 14.0. The number of ether oxygens (including phenoxy) is 3. The number of para-hydroxylation sites is 1. The molecule has 7 rings (SSSR count). The van der Waals surface area contributed by atoms with E-state index in [2.05, 4.69) is 10.3 Å². The molecule has 5 aromatic rings. The summed E-state index contributed by atoms with van der Waals surface area (Å²) in [4.78, 5) is 45.1. The van der Waals surface area contributed by atoms with Gasteiger partial charge in [0.05, 0.1) is 29.0 Å². The molecular formula is C33H26N4O6S. The Labute approximate surface area is 254 Å². The highest BCUT2D eigenvalue weighted by Crippen LogP contribution is 2.34. The molecule has 0 radical (unpaired) electrons. The van der Waals surface area contributed by atoms with Gasteiger partial charge in [-0.05, 0) is 36.8 Å². The third-order valence-corrected chi connectivity index (χ3v) is 8.60. The number of rotatable bonds is 6. The van der Waals surface area contributed by atoms with Crippen LogP contribution in [-0.2, 0) is 20.9 Å². The Morgan fingerprint density at radius 3 is 2.66 bits per heavy atom. The minimum atomic E-state index is -0.678. The average molecular weight is 607 g/mol. The fourth-order valence-electron chi connectivity index (χ4n) is 5.64. The standard InChI is InChI=1S/C33H26N4O6S/c1-19-29(32(40)41-2)30(20-8-4-3-5-9-20)37-31(39)27(44-33(37)34-19)14-21-16-36(24-11-7-6-10-23(21)24)17-28(38)35-22-12-13-25-26(15-22)43-18-42-25/h3-16,30H,17-18H2,1-2H3,(H,35,38). The Hall–Kier alpha value is -5.42. The molecule has 10 nitrogen and oxygen atoms in total. The lowest BCUT2D eigenvalue weighted by Crippen LogP contribution is -2.39. The van der Waals surface area contributed by atoms with Crippen LogP contribution in [0.1, 0.15) is 24.1 Å². The third kappa shape index (κ3) is 4.77. The number of allylic oxidation sites excluding steroid dienone is 1. The van der Waals surface area contributed by atoms with Crippen LogP contribution in [0.15, 0.2) is 100 Å². The van der Waals surface area contributed by atoms with Crippen LogP contribution in [0.5, 0.6) is 11.5 Å². The normalized spacial score (nSPS) is 15.7. The number of hydrogen-bond acceptors (Lipinski definition) is 8. The summed E-state index contributed by atoms with van der Waals surface area (Å²) >= 11 is 1.25. The van der Waals surface area contributed by atoms with Gasteiger partial charge in [-0.25, -0.2) is 9.79 Å². The van der Waals surface area contributed by atoms with Gasteiger partial charge in [-0.15, -0.1) is 0 Å². The molecule has 1 unspecified atom stereocenters. The first-order valence-electron chi connectivity index (χ1n) is 13.8. The van der Waals surface area contributed by atoms with E-state index < -0.39 is 12.0 Å². The molecule has 2 aliphatic rings. The van der Waals surface area contributed by atoms with Crippen LogP contribution in [0, 0.1) is 0 Å². The predicted molar refractivity (Wildman–Crippen MR) is 165 cm³/mol. The zero-order chi connectivity index (χ0) is 30.4. The lowest BCUT2D eigenvalue weighted by Gasteiger charge is -2.24. The van der Waals surface area contributed by atoms with Crippen LogP contribution in [0.2, 0.25) is 0 Å². The molecular weight excluding hydrogens is 580 g/mol. The van der Waals surface area contributed by atoms with E-state index in [0.29, 0.717) is 37.8 Å². The fraction of sp³-hybridized carbons (Fsp3) is 0.152. The Bertz CT molecular complexity index is 2180. The molecule has 1 atom stereocenters. The maximum atomic E-state index is 14.0. The molecule has 11 heteroatoms. The van der Waals surface area contributed by atoms with Crippen molar-refractivity contribution in [3.63, 3.8) is 0 Å². The Balaban J connectivity index is 1.27. The van der Waals surface area contributed by atoms with Gasteiger partial charge in [0.2, 0.25) is 12.7 Å². The molecule has 3 aromatic carbocycles. The van der Waals surface area contributed by atoms with Crippen molar-refractivity contribution in [2.24, 2.45) is 4.99 Å². The largest absolute Gasteiger partial charge is 0.466 e. The predicted octanol–water partition coefficient (Wildman–Crippen LogP) is 3.73. The molecule has 0 saturated carbocycles. The monoisotopic (exact) mass is 606 g/mol. The number of methoxy groups -OCH3 is 1. The molecule has 44 heavy (non-hydrogen) atoms. The van der Waals surface area contributed by atoms with E-state index in [-0.39, 0.29) is 24.8 Å². The number of benzene rings is 3. The summed E-state index contributed by atoms with van der Waals surface area (Å²) in [6, 6.07) is 21.7. The quantitative estimate of drug-likeness (QED) is 0.295. The summed E-state index contributed by atoms with van der Waals surface area (Å²) in [6.07, 6.45) is 3.68. The van der Waals surface area contributed by atoms with Crippen LogP contribution in [0.3, 0.4) is 0 Å². The molecule has 2 aromatic heterocycles. The highest BCUT2D eigenvalue weighted by molar-refractivity contribution is 7.07. The van der Waals surface area contributed by atoms with Gasteiger partial charge in [-0.1, -0.05) is 59.9 Å². The fourth-order valence-corrected chi connectivity index (χ4v) is 6.67. The van der Waals surface area contributed by atoms with Gasteiger partial charge in [-0.2, -0.15) is 0 Å². The van der Waals surface area contributed by atoms with Crippen molar-refractivity contribution in [1.82, 2.24) is 9.13 Å². The number of esters is 1. The van der Waals surface area contributed by atoms with Crippen molar-refractivity contribution in [2.45, 2.75) is 19.5 Å². The van der Waals surface area contributed by atoms with Crippen LogP contribution < -0.4 is 29.7 Å². The second kappa shape index (κ2) is 11.0. The number of aromatic nitrogens is 2. The molecule has 2 aliphatic heterocycles. The van der Waals surface area contributed by atoms with Crippen LogP contribution in [0.4, 0.5) is 5.69 Å². The van der Waals surface area contributed by atoms with Gasteiger partial charge in [0, 0.05) is 34.4 Å². The van der Waals surface area contributed by atoms with E-state index in [1.54, 1.807) is 29.7 Å². The van der Waals surface area contributed by atoms with Crippen molar-refractivity contribution in [3.8, 4) is 11.5 Å². The van der Waals surface area contributed by atoms with Crippen LogP contribution >= 0.6 is 11.3 Å². The van der Waals surface area contributed by atoms with Gasteiger partial charge in [-0.3, -0.25) is 14.2 Å². The summed E-state index contributed by atoms with van der Waals surface area (Å²) in [6.45, 7) is 1.96. The van der Waals surface area contributed by atoms with Gasteiger partial charge in [0.1, 0.15) is 6.54 Å². The third-order valence-electron chi connectivity index (χ3n) is 7.62. The number of thiazole rings is 1. The number of anilines is 1. The average Bonchev–Trinajstić information content (AvgIpc) is 3.72. The molecule has 0 fully saturated rings. The topological polar surface area (TPSA) is 113 Å². The zero-order valence-corrected chi connectivity index (χ0v) is 24.6. The van der Waals surface area contributed by atoms with Gasteiger partial charge >= 0.3 is 5.97 Å². The summed E-state index contributed by atoms with van der Waals surface area (Å²) < 4.78 is 19.7. The lowest BCUT2D eigenvalue weighted by atomic mass is 9.96. The van der Waals surface area contributed by atoms with E-state index in [1.165, 1.54) is 18.4 Å². The van der Waals surface area contributed by atoms with Crippen molar-refractivity contribution in [2.75, 3.05) is 19.2 Å². The Kier molecular flexibility index (Phi) is 6.86. The number of nitrogens with zero attached hydrogens (tertiary/aromatic N) is 3. The minimum Gasteiger partial charge on any atom is -0.466 e. The highest BCUT2D eigenvalue weighted by atomic mass is 32.1. The van der Waals surface area contributed by atoms with E-state index in [1.807, 2.05) is 71.4 Å². The van der Waals surface area contributed by atoms with Crippen molar-refractivity contribution >= 4 is 45.9 Å². The highest BCUT2D eigenvalue weighted by Gasteiger charge is 2.33. The molecule has 0 aliphatic carbocycles. The number of carbonyl (C=O) groups excluding carboxylic acids is 2. The summed E-state index contributed by atoms with van der Waals surface area (Å²) in [5.74, 6) is 0.475. The van der Waals surface area contributed by atoms with E-state index in [4.69, 9.17) is 14.2 Å². The van der Waals surface area contributed by atoms with Crippen molar-refractivity contribution < 1.29 is 23.8 Å². The first-order valence-corrected chi connectivity index (χ1v) is 14.7. The Morgan fingerprint density at radius 2 is 1.84 bits per heavy atom. The molecule has 220 valence electrons. The van der Waals surface area contributed by atoms with E-state index in [9.17, 15) is 14.4 Å². The molecule has 1 N–H and O–H groups in total. The first kappa shape index (κ1) is 27.4. The zero-order valence-electron chi connectivity index (χ0n) is 23.8. The lowest BCUT2D eigenvalue weighted by molar-refractivity contribution is -0.136. The summed E-state index contributed by atoms with van der Waals surface area (Å²) in [5.41, 5.74) is 3.56. The maximum Gasteiger partial charge on any atom is 0.338 e. The molecule has 1 amide bonds. The first-order chi connectivity index (χ1) is 21.4. The SMILES string of the molecule is COC(=O)C1=C(C)N=c2sc(=Cc3cn(CC(=O)Nc4ccc5c(c4)OCO5)c4ccccc34)c(=O)n2C1c1ccccc1.